The molecule has 0 aromatic heterocycles. The third kappa shape index (κ3) is 3.47. The van der Waals surface area contributed by atoms with E-state index in [4.69, 9.17) is 0 Å². The van der Waals surface area contributed by atoms with Crippen LogP contribution in [0.3, 0.4) is 0 Å². The molecule has 0 aliphatic carbocycles. The Kier molecular flexibility index (Phi) is 4.97. The number of hydrogen-bond donors (Lipinski definition) is 0. The molecule has 0 amide bonds. The van der Waals surface area contributed by atoms with Crippen LogP contribution in [0.15, 0.2) is 33.2 Å². The quantitative estimate of drug-likeness (QED) is 0.615. The molecule has 3 heteroatoms. The zero-order chi connectivity index (χ0) is 5.98. The van der Waals surface area contributed by atoms with Gasteiger partial charge in [-0.15, -0.1) is 0 Å². The van der Waals surface area contributed by atoms with E-state index in [0.29, 0.717) is 0 Å². The molecule has 44 valence electrons. The molecule has 0 radical (unpaired) electrons. The molecule has 0 nitrogen and oxygen atoms in total. The van der Waals surface area contributed by atoms with Gasteiger partial charge in [0.1, 0.15) is 0 Å². The number of rotatable bonds is 0. The summed E-state index contributed by atoms with van der Waals surface area (Å²) in [6.45, 7) is 0. The van der Waals surface area contributed by atoms with Crippen LogP contribution in [-0.2, 0) is 0 Å². The van der Waals surface area contributed by atoms with Gasteiger partial charge in [0, 0.05) is 8.95 Å². The van der Waals surface area contributed by atoms with E-state index in [1.165, 1.54) is 0 Å². The zero-order valence-electron chi connectivity index (χ0n) is 4.07. The summed E-state index contributed by atoms with van der Waals surface area (Å²) in [6.07, 6.45) is 0. The third-order valence-electron chi connectivity index (χ3n) is 0.804. The Labute approximate surface area is 83.5 Å². The van der Waals surface area contributed by atoms with Crippen LogP contribution in [0.4, 0.5) is 0 Å². The van der Waals surface area contributed by atoms with Crippen LogP contribution < -0.4 is 0 Å². The van der Waals surface area contributed by atoms with Crippen LogP contribution in [0.2, 0.25) is 0 Å². The van der Waals surface area contributed by atoms with Crippen molar-refractivity contribution < 1.29 is 0 Å². The molecule has 0 saturated heterocycles. The van der Waals surface area contributed by atoms with E-state index >= 15 is 0 Å². The molecule has 0 aliphatic rings. The first-order valence-electron chi connectivity index (χ1n) is 2.20. The molecule has 1 aromatic carbocycles. The van der Waals surface area contributed by atoms with Gasteiger partial charge < -0.3 is 0 Å². The Balaban J connectivity index is 0.000000640. The number of benzene rings is 1. The van der Waals surface area contributed by atoms with E-state index in [1.54, 1.807) is 0 Å². The summed E-state index contributed by atoms with van der Waals surface area (Å²) >= 11 is 6.65. The summed E-state index contributed by atoms with van der Waals surface area (Å²) in [5.41, 5.74) is 0. The van der Waals surface area contributed by atoms with Gasteiger partial charge in [-0.05, 0) is 24.3 Å². The average Bonchev–Trinajstić information content (AvgIpc) is 1.77. The first kappa shape index (κ1) is 9.78. The standard InChI is InChI=1S/C6H4Br2.Li.H/c7-5-1-2-6(8)4-3-5;;/h1-4H;;. The van der Waals surface area contributed by atoms with E-state index in [2.05, 4.69) is 31.9 Å². The second kappa shape index (κ2) is 4.57. The second-order valence-electron chi connectivity index (χ2n) is 1.44. The summed E-state index contributed by atoms with van der Waals surface area (Å²) in [5.74, 6) is 0. The molecule has 0 bridgehead atoms. The van der Waals surface area contributed by atoms with E-state index in [0.717, 1.165) is 8.95 Å². The van der Waals surface area contributed by atoms with Crippen molar-refractivity contribution in [3.05, 3.63) is 33.2 Å². The molecule has 0 saturated carbocycles. The van der Waals surface area contributed by atoms with Crippen molar-refractivity contribution >= 4 is 50.7 Å². The van der Waals surface area contributed by atoms with Crippen molar-refractivity contribution in [2.45, 2.75) is 0 Å². The maximum absolute atomic E-state index is 3.32. The molecule has 0 spiro atoms. The zero-order valence-corrected chi connectivity index (χ0v) is 7.24. The minimum atomic E-state index is 0. The van der Waals surface area contributed by atoms with Crippen molar-refractivity contribution in [2.24, 2.45) is 0 Å². The van der Waals surface area contributed by atoms with Crippen LogP contribution in [0, 0.1) is 0 Å². The molecule has 1 aromatic rings. The number of hydrogen-bond acceptors (Lipinski definition) is 0. The molecule has 0 fully saturated rings. The van der Waals surface area contributed by atoms with E-state index in [1.807, 2.05) is 24.3 Å². The minimum absolute atomic E-state index is 0. The summed E-state index contributed by atoms with van der Waals surface area (Å²) in [4.78, 5) is 0. The average molecular weight is 244 g/mol. The SMILES string of the molecule is Brc1ccc(Br)cc1.[LiH]. The van der Waals surface area contributed by atoms with Gasteiger partial charge >= 0.3 is 18.9 Å². The molecular weight excluding hydrogens is 239 g/mol. The predicted octanol–water partition coefficient (Wildman–Crippen LogP) is 2.56. The Bertz CT molecular complexity index is 150. The van der Waals surface area contributed by atoms with Gasteiger partial charge in [-0.3, -0.25) is 0 Å². The molecule has 0 heterocycles. The Morgan fingerprint density at radius 3 is 1.22 bits per heavy atom. The Morgan fingerprint density at radius 2 is 1.00 bits per heavy atom. The van der Waals surface area contributed by atoms with Gasteiger partial charge in [0.15, 0.2) is 0 Å². The first-order valence-corrected chi connectivity index (χ1v) is 3.79. The van der Waals surface area contributed by atoms with Gasteiger partial charge in [0.25, 0.3) is 0 Å². The van der Waals surface area contributed by atoms with Crippen LogP contribution >= 0.6 is 31.9 Å². The summed E-state index contributed by atoms with van der Waals surface area (Å²) in [6, 6.07) is 7.96. The topological polar surface area (TPSA) is 0 Å². The molecule has 0 atom stereocenters. The fourth-order valence-electron chi connectivity index (χ4n) is 0.430. The van der Waals surface area contributed by atoms with Gasteiger partial charge in [-0.25, -0.2) is 0 Å². The van der Waals surface area contributed by atoms with Gasteiger partial charge in [0.2, 0.25) is 0 Å². The fraction of sp³-hybridized carbons (Fsp3) is 0. The van der Waals surface area contributed by atoms with Gasteiger partial charge in [-0.2, -0.15) is 0 Å². The van der Waals surface area contributed by atoms with Crippen LogP contribution in [-0.4, -0.2) is 18.9 Å². The van der Waals surface area contributed by atoms with E-state index in [9.17, 15) is 0 Å². The molecular formula is C6H5Br2Li. The van der Waals surface area contributed by atoms with Gasteiger partial charge in [0.05, 0.1) is 0 Å². The Morgan fingerprint density at radius 1 is 0.778 bits per heavy atom. The Hall–Kier alpha value is 0.777. The first-order chi connectivity index (χ1) is 3.79. The van der Waals surface area contributed by atoms with Crippen LogP contribution in [0.1, 0.15) is 0 Å². The molecule has 0 unspecified atom stereocenters. The van der Waals surface area contributed by atoms with Crippen LogP contribution in [0.25, 0.3) is 0 Å². The molecule has 1 rings (SSSR count). The van der Waals surface area contributed by atoms with Gasteiger partial charge in [-0.1, -0.05) is 31.9 Å². The fourth-order valence-corrected chi connectivity index (χ4v) is 0.958. The van der Waals surface area contributed by atoms with Crippen LogP contribution in [0.5, 0.6) is 0 Å². The maximum atomic E-state index is 3.32. The van der Waals surface area contributed by atoms with E-state index in [-0.39, 0.29) is 18.9 Å². The molecule has 9 heavy (non-hydrogen) atoms. The summed E-state index contributed by atoms with van der Waals surface area (Å²) in [7, 11) is 0. The van der Waals surface area contributed by atoms with Crippen molar-refractivity contribution in [3.63, 3.8) is 0 Å². The van der Waals surface area contributed by atoms with Crippen molar-refractivity contribution in [1.82, 2.24) is 0 Å². The molecule has 0 N–H and O–H groups in total. The second-order valence-corrected chi connectivity index (χ2v) is 3.27. The van der Waals surface area contributed by atoms with Crippen molar-refractivity contribution in [3.8, 4) is 0 Å². The number of halogens is 2. The van der Waals surface area contributed by atoms with E-state index < -0.39 is 0 Å². The normalized spacial score (nSPS) is 8.22. The molecule has 0 aliphatic heterocycles. The van der Waals surface area contributed by atoms with Crippen molar-refractivity contribution in [1.29, 1.82) is 0 Å². The predicted molar refractivity (Wildman–Crippen MR) is 49.0 cm³/mol. The third-order valence-corrected chi connectivity index (χ3v) is 1.86. The summed E-state index contributed by atoms with van der Waals surface area (Å²) in [5, 5.41) is 0. The summed E-state index contributed by atoms with van der Waals surface area (Å²) < 4.78 is 2.22. The monoisotopic (exact) mass is 242 g/mol. The van der Waals surface area contributed by atoms with Crippen molar-refractivity contribution in [2.75, 3.05) is 0 Å².